The standard InChI is InChI=1S/C24H24FN5/c1-16-12-23(27-15-17-8-10-18(11-9-17)24(26)29(2)3)30(28-16)22-14-20-7-5-4-6-19(20)13-21(22)25/h4-14,26-27H,15H2,1-3H3. The number of halogens is 1. The van der Waals surface area contributed by atoms with E-state index in [4.69, 9.17) is 5.41 Å². The second-order valence-electron chi connectivity index (χ2n) is 7.53. The van der Waals surface area contributed by atoms with E-state index in [0.717, 1.165) is 33.4 Å². The third-order valence-electron chi connectivity index (χ3n) is 5.02. The highest BCUT2D eigenvalue weighted by Gasteiger charge is 2.13. The Morgan fingerprint density at radius 1 is 1.03 bits per heavy atom. The van der Waals surface area contributed by atoms with Gasteiger partial charge in [0.2, 0.25) is 0 Å². The molecule has 0 spiro atoms. The second kappa shape index (κ2) is 7.99. The number of amidine groups is 1. The Balaban J connectivity index is 1.59. The van der Waals surface area contributed by atoms with Crippen molar-refractivity contribution in [2.24, 2.45) is 0 Å². The summed E-state index contributed by atoms with van der Waals surface area (Å²) in [5.74, 6) is 0.883. The molecule has 6 heteroatoms. The maximum atomic E-state index is 14.8. The summed E-state index contributed by atoms with van der Waals surface area (Å²) < 4.78 is 16.4. The molecule has 0 aliphatic rings. The summed E-state index contributed by atoms with van der Waals surface area (Å²) in [5.41, 5.74) is 3.15. The molecule has 4 aromatic rings. The molecular formula is C24H24FN5. The quantitative estimate of drug-likeness (QED) is 0.367. The number of benzene rings is 3. The van der Waals surface area contributed by atoms with Gasteiger partial charge < -0.3 is 10.2 Å². The van der Waals surface area contributed by atoms with Crippen LogP contribution in [0.5, 0.6) is 0 Å². The molecule has 4 rings (SSSR count). The molecule has 1 aromatic heterocycles. The van der Waals surface area contributed by atoms with Crippen molar-refractivity contribution in [1.29, 1.82) is 5.41 Å². The van der Waals surface area contributed by atoms with E-state index < -0.39 is 0 Å². The van der Waals surface area contributed by atoms with Gasteiger partial charge in [-0.25, -0.2) is 9.07 Å². The maximum absolute atomic E-state index is 14.8. The summed E-state index contributed by atoms with van der Waals surface area (Å²) in [6, 6.07) is 20.8. The van der Waals surface area contributed by atoms with Crippen LogP contribution >= 0.6 is 0 Å². The number of aromatic nitrogens is 2. The molecule has 1 heterocycles. The van der Waals surface area contributed by atoms with Crippen LogP contribution in [0.1, 0.15) is 16.8 Å². The highest BCUT2D eigenvalue weighted by atomic mass is 19.1. The molecule has 0 saturated carbocycles. The minimum absolute atomic E-state index is 0.314. The van der Waals surface area contributed by atoms with Gasteiger partial charge in [-0.05, 0) is 35.4 Å². The number of nitrogens with zero attached hydrogens (tertiary/aromatic N) is 3. The zero-order valence-corrected chi connectivity index (χ0v) is 17.3. The third-order valence-corrected chi connectivity index (χ3v) is 5.02. The normalized spacial score (nSPS) is 10.9. The number of hydrogen-bond donors (Lipinski definition) is 2. The Morgan fingerprint density at radius 2 is 1.70 bits per heavy atom. The van der Waals surface area contributed by atoms with Crippen molar-refractivity contribution < 1.29 is 4.39 Å². The Bertz CT molecular complexity index is 1210. The van der Waals surface area contributed by atoms with Gasteiger partial charge in [-0.15, -0.1) is 0 Å². The predicted molar refractivity (Wildman–Crippen MR) is 120 cm³/mol. The van der Waals surface area contributed by atoms with Crippen LogP contribution in [0, 0.1) is 18.2 Å². The Kier molecular flexibility index (Phi) is 5.23. The molecule has 30 heavy (non-hydrogen) atoms. The molecule has 0 unspecified atom stereocenters. The third kappa shape index (κ3) is 3.89. The lowest BCUT2D eigenvalue weighted by Gasteiger charge is -2.14. The van der Waals surface area contributed by atoms with E-state index in [9.17, 15) is 4.39 Å². The summed E-state index contributed by atoms with van der Waals surface area (Å²) in [4.78, 5) is 1.77. The molecule has 0 fully saturated rings. The Morgan fingerprint density at radius 3 is 2.37 bits per heavy atom. The number of nitrogens with one attached hydrogen (secondary N) is 2. The van der Waals surface area contributed by atoms with Crippen molar-refractivity contribution >= 4 is 22.4 Å². The van der Waals surface area contributed by atoms with Crippen LogP contribution in [0.25, 0.3) is 16.5 Å². The van der Waals surface area contributed by atoms with Crippen molar-refractivity contribution in [3.63, 3.8) is 0 Å². The first-order chi connectivity index (χ1) is 14.4. The molecule has 0 saturated heterocycles. The lowest BCUT2D eigenvalue weighted by atomic mass is 10.1. The number of rotatable bonds is 5. The molecule has 2 N–H and O–H groups in total. The van der Waals surface area contributed by atoms with Gasteiger partial charge in [0.1, 0.15) is 23.2 Å². The predicted octanol–water partition coefficient (Wildman–Crippen LogP) is 4.97. The maximum Gasteiger partial charge on any atom is 0.149 e. The van der Waals surface area contributed by atoms with E-state index in [0.29, 0.717) is 18.1 Å². The van der Waals surface area contributed by atoms with Crippen LogP contribution in [0.15, 0.2) is 66.7 Å². The smallest absolute Gasteiger partial charge is 0.149 e. The van der Waals surface area contributed by atoms with Crippen molar-refractivity contribution in [2.75, 3.05) is 19.4 Å². The second-order valence-corrected chi connectivity index (χ2v) is 7.53. The van der Waals surface area contributed by atoms with Gasteiger partial charge in [0.05, 0.1) is 5.69 Å². The van der Waals surface area contributed by atoms with Gasteiger partial charge in [-0.1, -0.05) is 48.5 Å². The van der Waals surface area contributed by atoms with Gasteiger partial charge in [-0.3, -0.25) is 5.41 Å². The number of hydrogen-bond acceptors (Lipinski definition) is 3. The number of anilines is 1. The SMILES string of the molecule is Cc1cc(NCc2ccc(C(=N)N(C)C)cc2)n(-c2cc3ccccc3cc2F)n1. The Labute approximate surface area is 175 Å². The van der Waals surface area contributed by atoms with E-state index >= 15 is 0 Å². The van der Waals surface area contributed by atoms with E-state index in [1.54, 1.807) is 15.6 Å². The fourth-order valence-corrected chi connectivity index (χ4v) is 3.40. The topological polar surface area (TPSA) is 56.9 Å². The first-order valence-electron chi connectivity index (χ1n) is 9.77. The minimum Gasteiger partial charge on any atom is -0.366 e. The van der Waals surface area contributed by atoms with Crippen LogP contribution in [0.4, 0.5) is 10.2 Å². The van der Waals surface area contributed by atoms with Gasteiger partial charge in [0, 0.05) is 32.3 Å². The first-order valence-corrected chi connectivity index (χ1v) is 9.77. The molecule has 0 atom stereocenters. The lowest BCUT2D eigenvalue weighted by Crippen LogP contribution is -2.21. The van der Waals surface area contributed by atoms with Gasteiger partial charge in [0.25, 0.3) is 0 Å². The minimum atomic E-state index is -0.314. The molecule has 0 amide bonds. The van der Waals surface area contributed by atoms with Crippen molar-refractivity contribution in [3.05, 3.63) is 89.4 Å². The highest BCUT2D eigenvalue weighted by Crippen LogP contribution is 2.25. The first kappa shape index (κ1) is 19.6. The largest absolute Gasteiger partial charge is 0.366 e. The van der Waals surface area contributed by atoms with Crippen molar-refractivity contribution in [2.45, 2.75) is 13.5 Å². The average molecular weight is 401 g/mol. The van der Waals surface area contributed by atoms with Crippen LogP contribution < -0.4 is 5.32 Å². The fourth-order valence-electron chi connectivity index (χ4n) is 3.40. The molecule has 0 aliphatic carbocycles. The summed E-state index contributed by atoms with van der Waals surface area (Å²) in [7, 11) is 3.71. The van der Waals surface area contributed by atoms with Gasteiger partial charge in [0.15, 0.2) is 0 Å². The number of aryl methyl sites for hydroxylation is 1. The zero-order valence-electron chi connectivity index (χ0n) is 17.3. The fraction of sp³-hybridized carbons (Fsp3) is 0.167. The average Bonchev–Trinajstić information content (AvgIpc) is 3.11. The zero-order chi connectivity index (χ0) is 21.3. The lowest BCUT2D eigenvalue weighted by molar-refractivity contribution is 0.613. The summed E-state index contributed by atoms with van der Waals surface area (Å²) in [5, 5.41) is 17.7. The van der Waals surface area contributed by atoms with E-state index in [1.165, 1.54) is 0 Å². The van der Waals surface area contributed by atoms with Crippen molar-refractivity contribution in [3.8, 4) is 5.69 Å². The summed E-state index contributed by atoms with van der Waals surface area (Å²) >= 11 is 0. The van der Waals surface area contributed by atoms with E-state index in [1.807, 2.05) is 81.7 Å². The molecule has 0 radical (unpaired) electrons. The summed E-state index contributed by atoms with van der Waals surface area (Å²) in [6.07, 6.45) is 0. The van der Waals surface area contributed by atoms with Crippen molar-refractivity contribution in [1.82, 2.24) is 14.7 Å². The monoisotopic (exact) mass is 401 g/mol. The molecule has 3 aromatic carbocycles. The van der Waals surface area contributed by atoms with Crippen LogP contribution in [-0.4, -0.2) is 34.6 Å². The van der Waals surface area contributed by atoms with Gasteiger partial charge in [-0.2, -0.15) is 5.10 Å². The molecule has 5 nitrogen and oxygen atoms in total. The van der Waals surface area contributed by atoms with E-state index in [2.05, 4.69) is 10.4 Å². The number of fused-ring (bicyclic) bond motifs is 1. The van der Waals surface area contributed by atoms with Gasteiger partial charge >= 0.3 is 0 Å². The van der Waals surface area contributed by atoms with E-state index in [-0.39, 0.29) is 5.82 Å². The molecular weight excluding hydrogens is 377 g/mol. The molecule has 0 aliphatic heterocycles. The van der Waals surface area contributed by atoms with Crippen LogP contribution in [0.3, 0.4) is 0 Å². The molecule has 0 bridgehead atoms. The summed E-state index contributed by atoms with van der Waals surface area (Å²) in [6.45, 7) is 2.46. The van der Waals surface area contributed by atoms with Crippen LogP contribution in [-0.2, 0) is 6.54 Å². The van der Waals surface area contributed by atoms with Crippen LogP contribution in [0.2, 0.25) is 0 Å². The Hall–Kier alpha value is -3.67. The molecule has 152 valence electrons. The highest BCUT2D eigenvalue weighted by molar-refractivity contribution is 5.96.